The van der Waals surface area contributed by atoms with Crippen LogP contribution in [0.2, 0.25) is 0 Å². The summed E-state index contributed by atoms with van der Waals surface area (Å²) in [5.41, 5.74) is 6.26. The maximum Gasteiger partial charge on any atom is 0.295 e. The standard InChI is InChI=1S/C27H19F2N2/c1-16-6-5-8-20-19-7-3-4-9-23(19)31-25-14-17(21-15-18(28)11-12-22(21)29)10-13-24(25)30(2)27(31)26(16)20/h3-15H,1-2H3/q+1. The summed E-state index contributed by atoms with van der Waals surface area (Å²) in [5.74, 6) is -0.883. The molecular formula is C27H19F2N2+. The van der Waals surface area contributed by atoms with Crippen LogP contribution in [0.1, 0.15) is 5.56 Å². The van der Waals surface area contributed by atoms with E-state index < -0.39 is 11.6 Å². The highest BCUT2D eigenvalue weighted by molar-refractivity contribution is 6.13. The Labute approximate surface area is 177 Å². The molecule has 150 valence electrons. The van der Waals surface area contributed by atoms with Crippen molar-refractivity contribution >= 4 is 38.4 Å². The van der Waals surface area contributed by atoms with Crippen LogP contribution in [0, 0.1) is 18.6 Å². The molecule has 4 heteroatoms. The number of aromatic nitrogens is 2. The lowest BCUT2D eigenvalue weighted by Gasteiger charge is -2.07. The van der Waals surface area contributed by atoms with E-state index in [1.807, 2.05) is 24.3 Å². The molecule has 6 aromatic rings. The highest BCUT2D eigenvalue weighted by Crippen LogP contribution is 2.34. The van der Waals surface area contributed by atoms with Gasteiger partial charge in [0.15, 0.2) is 11.0 Å². The Kier molecular flexibility index (Phi) is 3.69. The highest BCUT2D eigenvalue weighted by atomic mass is 19.1. The smallest absolute Gasteiger partial charge is 0.225 e. The molecular weight excluding hydrogens is 390 g/mol. The van der Waals surface area contributed by atoms with Gasteiger partial charge >= 0.3 is 0 Å². The number of hydrogen-bond acceptors (Lipinski definition) is 0. The molecule has 0 N–H and O–H groups in total. The Hall–Kier alpha value is -3.79. The van der Waals surface area contributed by atoms with Crippen LogP contribution in [0.5, 0.6) is 0 Å². The first-order valence-corrected chi connectivity index (χ1v) is 10.2. The summed E-state index contributed by atoms with van der Waals surface area (Å²) >= 11 is 0. The SMILES string of the molecule is Cc1cccc2c3ccccc3n3c4cc(-c5cc(F)ccc5F)ccc4[n+](C)c3c12. The van der Waals surface area contributed by atoms with Crippen molar-refractivity contribution < 1.29 is 13.3 Å². The number of imidazole rings is 1. The van der Waals surface area contributed by atoms with Gasteiger partial charge in [-0.25, -0.2) is 13.3 Å². The van der Waals surface area contributed by atoms with Crippen LogP contribution < -0.4 is 4.57 Å². The average Bonchev–Trinajstić information content (AvgIpc) is 3.08. The monoisotopic (exact) mass is 409 g/mol. The summed E-state index contributed by atoms with van der Waals surface area (Å²) in [4.78, 5) is 0. The zero-order chi connectivity index (χ0) is 21.3. The fourth-order valence-corrected chi connectivity index (χ4v) is 4.86. The third-order valence-electron chi connectivity index (χ3n) is 6.28. The summed E-state index contributed by atoms with van der Waals surface area (Å²) in [6.45, 7) is 2.13. The van der Waals surface area contributed by atoms with Crippen LogP contribution in [0.3, 0.4) is 0 Å². The van der Waals surface area contributed by atoms with Crippen LogP contribution in [0.4, 0.5) is 8.78 Å². The lowest BCUT2D eigenvalue weighted by atomic mass is 10.0. The second-order valence-electron chi connectivity index (χ2n) is 8.06. The Balaban J connectivity index is 1.85. The van der Waals surface area contributed by atoms with Gasteiger partial charge in [-0.3, -0.25) is 0 Å². The van der Waals surface area contributed by atoms with Crippen molar-refractivity contribution in [1.29, 1.82) is 0 Å². The van der Waals surface area contributed by atoms with Crippen molar-refractivity contribution in [2.45, 2.75) is 6.92 Å². The van der Waals surface area contributed by atoms with Gasteiger partial charge in [0.1, 0.15) is 17.2 Å². The normalized spacial score (nSPS) is 11.9. The number of aryl methyl sites for hydroxylation is 2. The molecule has 0 radical (unpaired) electrons. The maximum absolute atomic E-state index is 14.5. The van der Waals surface area contributed by atoms with E-state index in [-0.39, 0.29) is 5.56 Å². The van der Waals surface area contributed by atoms with Gasteiger partial charge in [0.25, 0.3) is 5.65 Å². The van der Waals surface area contributed by atoms with Gasteiger partial charge in [-0.05, 0) is 60.5 Å². The number of hydrogen-bond donors (Lipinski definition) is 0. The van der Waals surface area contributed by atoms with Gasteiger partial charge < -0.3 is 0 Å². The Morgan fingerprint density at radius 3 is 2.45 bits per heavy atom. The number of fused-ring (bicyclic) bond motifs is 8. The lowest BCUT2D eigenvalue weighted by Crippen LogP contribution is -2.27. The quantitative estimate of drug-likeness (QED) is 0.217. The number of para-hydroxylation sites is 1. The Bertz CT molecular complexity index is 1680. The molecule has 0 unspecified atom stereocenters. The topological polar surface area (TPSA) is 8.29 Å². The predicted molar refractivity (Wildman–Crippen MR) is 121 cm³/mol. The minimum absolute atomic E-state index is 0.265. The summed E-state index contributed by atoms with van der Waals surface area (Å²) in [6.07, 6.45) is 0. The van der Waals surface area contributed by atoms with Crippen molar-refractivity contribution in [3.8, 4) is 11.1 Å². The van der Waals surface area contributed by atoms with E-state index >= 15 is 0 Å². The average molecular weight is 409 g/mol. The maximum atomic E-state index is 14.5. The van der Waals surface area contributed by atoms with E-state index in [2.05, 4.69) is 59.3 Å². The number of rotatable bonds is 1. The summed E-state index contributed by atoms with van der Waals surface area (Å²) in [5, 5.41) is 3.56. The Morgan fingerprint density at radius 1 is 0.774 bits per heavy atom. The molecule has 2 nitrogen and oxygen atoms in total. The molecule has 0 amide bonds. The molecule has 0 aliphatic rings. The van der Waals surface area contributed by atoms with Gasteiger partial charge in [-0.2, -0.15) is 4.40 Å². The summed E-state index contributed by atoms with van der Waals surface area (Å²) in [6, 6.07) is 24.1. The molecule has 0 saturated carbocycles. The molecule has 31 heavy (non-hydrogen) atoms. The van der Waals surface area contributed by atoms with Crippen molar-refractivity contribution in [2.24, 2.45) is 7.05 Å². The van der Waals surface area contributed by atoms with Crippen molar-refractivity contribution in [3.05, 3.63) is 96.1 Å². The molecule has 6 rings (SSSR count). The molecule has 0 spiro atoms. The van der Waals surface area contributed by atoms with Crippen LogP contribution >= 0.6 is 0 Å². The first kappa shape index (κ1) is 18.0. The van der Waals surface area contributed by atoms with E-state index in [9.17, 15) is 8.78 Å². The van der Waals surface area contributed by atoms with Crippen LogP contribution in [-0.4, -0.2) is 4.40 Å². The molecule has 0 aliphatic heterocycles. The zero-order valence-electron chi connectivity index (χ0n) is 17.2. The van der Waals surface area contributed by atoms with E-state index in [1.165, 1.54) is 28.5 Å². The number of nitrogens with zero attached hydrogens (tertiary/aromatic N) is 2. The fraction of sp³-hybridized carbons (Fsp3) is 0.0741. The van der Waals surface area contributed by atoms with Crippen molar-refractivity contribution in [2.75, 3.05) is 0 Å². The highest BCUT2D eigenvalue weighted by Gasteiger charge is 2.24. The van der Waals surface area contributed by atoms with Crippen LogP contribution in [0.25, 0.3) is 49.5 Å². The largest absolute Gasteiger partial charge is 0.295 e. The van der Waals surface area contributed by atoms with Crippen molar-refractivity contribution in [3.63, 3.8) is 0 Å². The minimum Gasteiger partial charge on any atom is -0.225 e. The molecule has 0 saturated heterocycles. The van der Waals surface area contributed by atoms with E-state index in [4.69, 9.17) is 0 Å². The predicted octanol–water partition coefficient (Wildman–Crippen LogP) is 6.48. The first-order valence-electron chi connectivity index (χ1n) is 10.2. The van der Waals surface area contributed by atoms with Gasteiger partial charge in [0.05, 0.1) is 12.4 Å². The molecule has 0 bridgehead atoms. The van der Waals surface area contributed by atoms with E-state index in [0.29, 0.717) is 5.56 Å². The van der Waals surface area contributed by atoms with Crippen LogP contribution in [-0.2, 0) is 7.05 Å². The van der Waals surface area contributed by atoms with Gasteiger partial charge in [0, 0.05) is 16.3 Å². The zero-order valence-corrected chi connectivity index (χ0v) is 17.2. The molecule has 4 aromatic carbocycles. The molecule has 2 aromatic heterocycles. The van der Waals surface area contributed by atoms with Gasteiger partial charge in [-0.15, -0.1) is 0 Å². The fourth-order valence-electron chi connectivity index (χ4n) is 4.86. The van der Waals surface area contributed by atoms with E-state index in [0.717, 1.165) is 33.6 Å². The number of pyridine rings is 1. The lowest BCUT2D eigenvalue weighted by molar-refractivity contribution is -0.617. The molecule has 0 aliphatic carbocycles. The van der Waals surface area contributed by atoms with Crippen molar-refractivity contribution in [1.82, 2.24) is 4.40 Å². The summed E-state index contributed by atoms with van der Waals surface area (Å²) < 4.78 is 32.8. The first-order chi connectivity index (χ1) is 15.0. The molecule has 0 fully saturated rings. The number of benzene rings is 4. The number of halogens is 2. The summed E-state index contributed by atoms with van der Waals surface area (Å²) in [7, 11) is 2.06. The second-order valence-corrected chi connectivity index (χ2v) is 8.06. The van der Waals surface area contributed by atoms with Crippen LogP contribution in [0.15, 0.2) is 78.9 Å². The van der Waals surface area contributed by atoms with Gasteiger partial charge in [0.2, 0.25) is 0 Å². The molecule has 0 atom stereocenters. The Morgan fingerprint density at radius 2 is 1.58 bits per heavy atom. The molecule has 2 heterocycles. The van der Waals surface area contributed by atoms with Gasteiger partial charge in [-0.1, -0.05) is 36.4 Å². The minimum atomic E-state index is -0.450. The second kappa shape index (κ2) is 6.35. The van der Waals surface area contributed by atoms with E-state index in [1.54, 1.807) is 0 Å². The third kappa shape index (κ3) is 2.45. The third-order valence-corrected chi connectivity index (χ3v) is 6.28.